The molecule has 0 saturated carbocycles. The molecule has 0 fully saturated rings. The Morgan fingerprint density at radius 2 is 2.24 bits per heavy atom. The highest BCUT2D eigenvalue weighted by Crippen LogP contribution is 2.23. The summed E-state index contributed by atoms with van der Waals surface area (Å²) in [5, 5.41) is 6.67. The maximum Gasteiger partial charge on any atom is 0.0809 e. The molecule has 4 nitrogen and oxygen atoms in total. The van der Waals surface area contributed by atoms with Crippen molar-refractivity contribution in [1.82, 2.24) is 14.8 Å². The molecular weight excluding hydrogens is 280 g/mol. The first kappa shape index (κ1) is 14.2. The van der Waals surface area contributed by atoms with E-state index in [9.17, 15) is 0 Å². The first-order chi connectivity index (χ1) is 10.2. The lowest BCUT2D eigenvalue weighted by Gasteiger charge is -2.11. The summed E-state index contributed by atoms with van der Waals surface area (Å²) in [7, 11) is 0. The number of thiophene rings is 1. The van der Waals surface area contributed by atoms with Crippen LogP contribution < -0.4 is 5.73 Å². The van der Waals surface area contributed by atoms with Gasteiger partial charge in [-0.05, 0) is 42.5 Å². The fourth-order valence-electron chi connectivity index (χ4n) is 2.33. The lowest BCUT2D eigenvalue weighted by molar-refractivity contribution is 0.472. The molecule has 0 bridgehead atoms. The Hall–Kier alpha value is -1.72. The van der Waals surface area contributed by atoms with Crippen molar-refractivity contribution in [2.45, 2.75) is 38.8 Å². The van der Waals surface area contributed by atoms with Gasteiger partial charge in [-0.25, -0.2) is 0 Å². The first-order valence-corrected chi connectivity index (χ1v) is 8.18. The van der Waals surface area contributed by atoms with E-state index in [0.29, 0.717) is 6.04 Å². The number of aromatic nitrogens is 3. The molecule has 2 N–H and O–H groups in total. The van der Waals surface area contributed by atoms with Crippen LogP contribution in [-0.2, 0) is 6.42 Å². The molecule has 5 heteroatoms. The van der Waals surface area contributed by atoms with E-state index in [1.165, 1.54) is 4.70 Å². The Morgan fingerprint density at radius 3 is 3.05 bits per heavy atom. The number of nitrogens with zero attached hydrogens (tertiary/aromatic N) is 3. The van der Waals surface area contributed by atoms with Gasteiger partial charge >= 0.3 is 0 Å². The van der Waals surface area contributed by atoms with E-state index in [1.807, 2.05) is 23.1 Å². The van der Waals surface area contributed by atoms with Gasteiger partial charge in [0.2, 0.25) is 0 Å². The SMILES string of the molecule is CCC(C)n1ccc(CC(N)c2cnc3ccsc3c2)n1. The van der Waals surface area contributed by atoms with Crippen molar-refractivity contribution in [3.05, 3.63) is 47.2 Å². The highest BCUT2D eigenvalue weighted by atomic mass is 32.1. The van der Waals surface area contributed by atoms with Gasteiger partial charge in [-0.15, -0.1) is 11.3 Å². The summed E-state index contributed by atoms with van der Waals surface area (Å²) in [4.78, 5) is 4.46. The summed E-state index contributed by atoms with van der Waals surface area (Å²) in [6.07, 6.45) is 5.73. The third-order valence-electron chi connectivity index (χ3n) is 3.89. The van der Waals surface area contributed by atoms with Crippen LogP contribution in [0.5, 0.6) is 0 Å². The first-order valence-electron chi connectivity index (χ1n) is 7.30. The summed E-state index contributed by atoms with van der Waals surface area (Å²) >= 11 is 1.70. The number of hydrogen-bond acceptors (Lipinski definition) is 4. The van der Waals surface area contributed by atoms with Crippen LogP contribution in [0.3, 0.4) is 0 Å². The molecule has 0 spiro atoms. The zero-order chi connectivity index (χ0) is 14.8. The lowest BCUT2D eigenvalue weighted by Crippen LogP contribution is -2.14. The highest BCUT2D eigenvalue weighted by molar-refractivity contribution is 7.17. The van der Waals surface area contributed by atoms with Crippen molar-refractivity contribution in [1.29, 1.82) is 0 Å². The van der Waals surface area contributed by atoms with E-state index >= 15 is 0 Å². The van der Waals surface area contributed by atoms with Crippen molar-refractivity contribution in [2.75, 3.05) is 0 Å². The molecule has 3 heterocycles. The molecule has 0 radical (unpaired) electrons. The number of hydrogen-bond donors (Lipinski definition) is 1. The average Bonchev–Trinajstić information content (AvgIpc) is 3.14. The monoisotopic (exact) mass is 300 g/mol. The van der Waals surface area contributed by atoms with Crippen molar-refractivity contribution < 1.29 is 0 Å². The van der Waals surface area contributed by atoms with E-state index in [1.54, 1.807) is 11.3 Å². The summed E-state index contributed by atoms with van der Waals surface area (Å²) in [6.45, 7) is 4.34. The molecule has 0 saturated heterocycles. The van der Waals surface area contributed by atoms with E-state index in [2.05, 4.69) is 41.4 Å². The Kier molecular flexibility index (Phi) is 4.03. The van der Waals surface area contributed by atoms with Crippen molar-refractivity contribution in [3.8, 4) is 0 Å². The highest BCUT2D eigenvalue weighted by Gasteiger charge is 2.12. The molecule has 0 aliphatic rings. The fraction of sp³-hybridized carbons (Fsp3) is 0.375. The van der Waals surface area contributed by atoms with Gasteiger partial charge in [-0.2, -0.15) is 5.10 Å². The van der Waals surface area contributed by atoms with Gasteiger partial charge in [-0.3, -0.25) is 9.67 Å². The molecule has 0 aromatic carbocycles. The second-order valence-electron chi connectivity index (χ2n) is 5.43. The summed E-state index contributed by atoms with van der Waals surface area (Å²) < 4.78 is 3.20. The van der Waals surface area contributed by atoms with Gasteiger partial charge in [0.25, 0.3) is 0 Å². The molecule has 110 valence electrons. The van der Waals surface area contributed by atoms with Gasteiger partial charge in [0.15, 0.2) is 0 Å². The quantitative estimate of drug-likeness (QED) is 0.781. The Balaban J connectivity index is 1.75. The van der Waals surface area contributed by atoms with Crippen molar-refractivity contribution in [2.24, 2.45) is 5.73 Å². The molecule has 3 aromatic rings. The predicted molar refractivity (Wildman–Crippen MR) is 87.5 cm³/mol. The third kappa shape index (κ3) is 2.99. The van der Waals surface area contributed by atoms with Gasteiger partial charge in [0, 0.05) is 30.9 Å². The minimum absolute atomic E-state index is 0.0655. The Bertz CT molecular complexity index is 731. The fourth-order valence-corrected chi connectivity index (χ4v) is 3.12. The second kappa shape index (κ2) is 5.95. The predicted octanol–water partition coefficient (Wildman–Crippen LogP) is 3.71. The van der Waals surface area contributed by atoms with Crippen molar-refractivity contribution >= 4 is 21.6 Å². The molecular formula is C16H20N4S. The van der Waals surface area contributed by atoms with E-state index in [-0.39, 0.29) is 6.04 Å². The maximum absolute atomic E-state index is 6.32. The lowest BCUT2D eigenvalue weighted by atomic mass is 10.1. The second-order valence-corrected chi connectivity index (χ2v) is 6.38. The largest absolute Gasteiger partial charge is 0.324 e. The minimum atomic E-state index is -0.0655. The smallest absolute Gasteiger partial charge is 0.0809 e. The Labute approximate surface area is 128 Å². The van der Waals surface area contributed by atoms with Gasteiger partial charge in [-0.1, -0.05) is 6.92 Å². The third-order valence-corrected chi connectivity index (χ3v) is 4.74. The van der Waals surface area contributed by atoms with Crippen molar-refractivity contribution in [3.63, 3.8) is 0 Å². The number of rotatable bonds is 5. The van der Waals surface area contributed by atoms with Crippen LogP contribution in [0.4, 0.5) is 0 Å². The topological polar surface area (TPSA) is 56.7 Å². The maximum atomic E-state index is 6.32. The van der Waals surface area contributed by atoms with Crippen LogP contribution in [0.2, 0.25) is 0 Å². The van der Waals surface area contributed by atoms with Gasteiger partial charge in [0.05, 0.1) is 15.9 Å². The number of fused-ring (bicyclic) bond motifs is 1. The summed E-state index contributed by atoms with van der Waals surface area (Å²) in [5.74, 6) is 0. The van der Waals surface area contributed by atoms with E-state index in [4.69, 9.17) is 5.73 Å². The summed E-state index contributed by atoms with van der Waals surface area (Å²) in [5.41, 5.74) is 9.47. The number of nitrogens with two attached hydrogens (primary N) is 1. The van der Waals surface area contributed by atoms with Crippen LogP contribution in [0.25, 0.3) is 10.2 Å². The van der Waals surface area contributed by atoms with Crippen LogP contribution >= 0.6 is 11.3 Å². The van der Waals surface area contributed by atoms with Crippen LogP contribution in [-0.4, -0.2) is 14.8 Å². The van der Waals surface area contributed by atoms with Gasteiger partial charge in [0.1, 0.15) is 0 Å². The average molecular weight is 300 g/mol. The van der Waals surface area contributed by atoms with Crippen LogP contribution in [0.1, 0.15) is 43.6 Å². The van der Waals surface area contributed by atoms with Crippen LogP contribution in [0.15, 0.2) is 36.0 Å². The molecule has 0 aliphatic carbocycles. The molecule has 3 rings (SSSR count). The molecule has 0 amide bonds. The van der Waals surface area contributed by atoms with E-state index < -0.39 is 0 Å². The Morgan fingerprint density at radius 1 is 1.38 bits per heavy atom. The summed E-state index contributed by atoms with van der Waals surface area (Å²) in [6, 6.07) is 6.60. The molecule has 2 unspecified atom stereocenters. The zero-order valence-electron chi connectivity index (χ0n) is 12.4. The van der Waals surface area contributed by atoms with E-state index in [0.717, 1.165) is 29.6 Å². The molecule has 3 aromatic heterocycles. The number of pyridine rings is 1. The standard InChI is InChI=1S/C16H20N4S/c1-3-11(2)20-6-4-13(19-20)9-14(17)12-8-16-15(18-10-12)5-7-21-16/h4-8,10-11,14H,3,9,17H2,1-2H3. The normalized spacial score (nSPS) is 14.4. The molecule has 0 aliphatic heterocycles. The molecule has 2 atom stereocenters. The minimum Gasteiger partial charge on any atom is -0.324 e. The van der Waals surface area contributed by atoms with Crippen LogP contribution in [0, 0.1) is 0 Å². The van der Waals surface area contributed by atoms with Gasteiger partial charge < -0.3 is 5.73 Å². The molecule has 21 heavy (non-hydrogen) atoms. The zero-order valence-corrected chi connectivity index (χ0v) is 13.2.